The van der Waals surface area contributed by atoms with Gasteiger partial charge in [-0.1, -0.05) is 6.07 Å². The lowest BCUT2D eigenvalue weighted by molar-refractivity contribution is -0.182. The van der Waals surface area contributed by atoms with Crippen molar-refractivity contribution in [2.45, 2.75) is 63.0 Å². The Hall–Kier alpha value is -2.75. The fourth-order valence-electron chi connectivity index (χ4n) is 6.45. The summed E-state index contributed by atoms with van der Waals surface area (Å²) < 4.78 is 16.3. The van der Waals surface area contributed by atoms with Gasteiger partial charge in [0.1, 0.15) is 18.8 Å². The van der Waals surface area contributed by atoms with Crippen LogP contribution in [0.3, 0.4) is 0 Å². The minimum Gasteiger partial charge on any atom is -0.457 e. The van der Waals surface area contributed by atoms with Crippen LogP contribution in [0.25, 0.3) is 0 Å². The fraction of sp³-hybridized carbons (Fsp3) is 0.560. The molecule has 6 rings (SSSR count). The lowest BCUT2D eigenvalue weighted by Crippen LogP contribution is -2.63. The number of carbonyl (C=O) groups excluding carboxylic acids is 3. The van der Waals surface area contributed by atoms with Gasteiger partial charge in [0.15, 0.2) is 0 Å². The van der Waals surface area contributed by atoms with E-state index in [9.17, 15) is 19.5 Å². The topological polar surface area (TPSA) is 106 Å². The van der Waals surface area contributed by atoms with E-state index in [1.165, 1.54) is 6.08 Å². The number of benzene rings is 1. The van der Waals surface area contributed by atoms with Crippen LogP contribution >= 0.6 is 0 Å². The van der Waals surface area contributed by atoms with E-state index in [-0.39, 0.29) is 37.2 Å². The quantitative estimate of drug-likeness (QED) is 0.661. The van der Waals surface area contributed by atoms with Crippen LogP contribution < -0.4 is 0 Å². The van der Waals surface area contributed by atoms with Gasteiger partial charge in [0.05, 0.1) is 24.0 Å². The zero-order valence-corrected chi connectivity index (χ0v) is 19.1. The third-order valence-electron chi connectivity index (χ3n) is 8.17. The Morgan fingerprint density at radius 2 is 1.88 bits per heavy atom. The van der Waals surface area contributed by atoms with E-state index in [4.69, 9.17) is 14.2 Å². The van der Waals surface area contributed by atoms with Gasteiger partial charge in [-0.15, -0.1) is 0 Å². The van der Waals surface area contributed by atoms with Crippen LogP contribution in [0.2, 0.25) is 0 Å². The molecule has 0 aliphatic carbocycles. The molecule has 180 valence electrons. The number of ether oxygens (including phenoxy) is 3. The zero-order valence-electron chi connectivity index (χ0n) is 19.1. The summed E-state index contributed by atoms with van der Waals surface area (Å²) in [5, 5.41) is 11.2. The van der Waals surface area contributed by atoms with E-state index in [1.807, 2.05) is 13.0 Å². The van der Waals surface area contributed by atoms with Gasteiger partial charge in [0.2, 0.25) is 0 Å². The number of morpholine rings is 1. The van der Waals surface area contributed by atoms with Crippen LogP contribution in [0.15, 0.2) is 23.9 Å². The molecule has 3 atom stereocenters. The molecule has 5 aliphatic heterocycles. The molecule has 3 fully saturated rings. The number of esters is 2. The number of aliphatic hydroxyl groups excluding tert-OH is 1. The normalized spacial score (nSPS) is 31.5. The molecule has 5 aliphatic rings. The molecule has 0 aromatic heterocycles. The SMILES string of the molecule is Cc1c(C(O)CN2C3CCC2CC2(C3)OCCN(C3=CC(=O)OC3)C2=O)ccc2c1COC2=O. The number of aliphatic hydroxyl groups is 1. The number of rotatable bonds is 4. The maximum Gasteiger partial charge on any atom is 0.338 e. The number of hydrogen-bond acceptors (Lipinski definition) is 8. The maximum absolute atomic E-state index is 13.5. The number of nitrogens with zero attached hydrogens (tertiary/aromatic N) is 2. The van der Waals surface area contributed by atoms with Crippen molar-refractivity contribution in [3.05, 3.63) is 46.2 Å². The number of carbonyl (C=O) groups is 3. The van der Waals surface area contributed by atoms with E-state index >= 15 is 0 Å². The van der Waals surface area contributed by atoms with Gasteiger partial charge in [-0.3, -0.25) is 9.69 Å². The number of hydrogen-bond donors (Lipinski definition) is 1. The standard InChI is InChI=1S/C25H28N2O7/c1-14-18(4-5-19-20(14)13-33-23(19)30)21(28)11-27-15-2-3-16(27)10-25(9-15)24(31)26(6-7-34-25)17-8-22(29)32-12-17/h4-5,8,15-16,21,28H,2-3,6-7,9-13H2,1H3. The summed E-state index contributed by atoms with van der Waals surface area (Å²) in [6, 6.07) is 3.83. The highest BCUT2D eigenvalue weighted by Crippen LogP contribution is 2.46. The monoisotopic (exact) mass is 468 g/mol. The molecule has 9 heteroatoms. The summed E-state index contributed by atoms with van der Waals surface area (Å²) in [6.07, 6.45) is 3.73. The molecule has 5 heterocycles. The Labute approximate surface area is 197 Å². The molecule has 1 N–H and O–H groups in total. The van der Waals surface area contributed by atoms with Crippen LogP contribution in [-0.4, -0.2) is 76.7 Å². The highest BCUT2D eigenvalue weighted by atomic mass is 16.5. The predicted molar refractivity (Wildman–Crippen MR) is 117 cm³/mol. The van der Waals surface area contributed by atoms with Crippen molar-refractivity contribution in [3.63, 3.8) is 0 Å². The van der Waals surface area contributed by atoms with Gasteiger partial charge in [0, 0.05) is 49.7 Å². The van der Waals surface area contributed by atoms with Crippen LogP contribution in [-0.2, 0) is 30.4 Å². The Morgan fingerprint density at radius 1 is 1.12 bits per heavy atom. The van der Waals surface area contributed by atoms with Crippen LogP contribution in [0.4, 0.5) is 0 Å². The van der Waals surface area contributed by atoms with E-state index in [0.29, 0.717) is 43.8 Å². The molecule has 34 heavy (non-hydrogen) atoms. The molecule has 1 amide bonds. The smallest absolute Gasteiger partial charge is 0.338 e. The van der Waals surface area contributed by atoms with Crippen molar-refractivity contribution in [1.82, 2.24) is 9.80 Å². The van der Waals surface area contributed by atoms with Crippen LogP contribution in [0, 0.1) is 6.92 Å². The van der Waals surface area contributed by atoms with E-state index in [1.54, 1.807) is 11.0 Å². The average molecular weight is 469 g/mol. The minimum absolute atomic E-state index is 0.0838. The van der Waals surface area contributed by atoms with Gasteiger partial charge in [-0.25, -0.2) is 9.59 Å². The van der Waals surface area contributed by atoms with Crippen molar-refractivity contribution < 1.29 is 33.7 Å². The largest absolute Gasteiger partial charge is 0.457 e. The van der Waals surface area contributed by atoms with E-state index in [2.05, 4.69) is 4.90 Å². The summed E-state index contributed by atoms with van der Waals surface area (Å²) >= 11 is 0. The van der Waals surface area contributed by atoms with Gasteiger partial charge in [-0.2, -0.15) is 0 Å². The molecular formula is C25H28N2O7. The molecule has 1 aromatic rings. The molecule has 0 saturated carbocycles. The predicted octanol–water partition coefficient (Wildman–Crippen LogP) is 1.36. The summed E-state index contributed by atoms with van der Waals surface area (Å²) in [4.78, 5) is 40.9. The third kappa shape index (κ3) is 3.29. The molecule has 3 saturated heterocycles. The summed E-state index contributed by atoms with van der Waals surface area (Å²) in [5.74, 6) is -0.807. The van der Waals surface area contributed by atoms with Crippen LogP contribution in [0.5, 0.6) is 0 Å². The Balaban J connectivity index is 1.19. The Kier molecular flexibility index (Phi) is 5.05. The Bertz CT molecular complexity index is 1100. The second-order valence-corrected chi connectivity index (χ2v) is 9.93. The van der Waals surface area contributed by atoms with E-state index in [0.717, 1.165) is 29.5 Å². The first-order chi connectivity index (χ1) is 16.4. The fourth-order valence-corrected chi connectivity index (χ4v) is 6.45. The number of piperidine rings is 1. The minimum atomic E-state index is -0.890. The number of cyclic esters (lactones) is 2. The first-order valence-electron chi connectivity index (χ1n) is 11.9. The van der Waals surface area contributed by atoms with Crippen molar-refractivity contribution in [2.24, 2.45) is 0 Å². The molecular weight excluding hydrogens is 440 g/mol. The van der Waals surface area contributed by atoms with Gasteiger partial charge in [-0.05, 0) is 37.0 Å². The zero-order chi connectivity index (χ0) is 23.6. The van der Waals surface area contributed by atoms with Crippen LogP contribution in [0.1, 0.15) is 58.8 Å². The number of amides is 1. The molecule has 1 spiro atoms. The van der Waals surface area contributed by atoms with Crippen molar-refractivity contribution in [1.29, 1.82) is 0 Å². The van der Waals surface area contributed by atoms with Gasteiger partial charge < -0.3 is 24.2 Å². The van der Waals surface area contributed by atoms with Crippen molar-refractivity contribution in [2.75, 3.05) is 26.3 Å². The molecule has 2 bridgehead atoms. The molecule has 0 radical (unpaired) electrons. The van der Waals surface area contributed by atoms with E-state index < -0.39 is 17.7 Å². The van der Waals surface area contributed by atoms with Gasteiger partial charge in [0.25, 0.3) is 5.91 Å². The van der Waals surface area contributed by atoms with Crippen molar-refractivity contribution in [3.8, 4) is 0 Å². The summed E-state index contributed by atoms with van der Waals surface area (Å²) in [7, 11) is 0. The second kappa shape index (κ2) is 7.90. The lowest BCUT2D eigenvalue weighted by Gasteiger charge is -2.49. The highest BCUT2D eigenvalue weighted by molar-refractivity contribution is 5.94. The molecule has 9 nitrogen and oxygen atoms in total. The summed E-state index contributed by atoms with van der Waals surface area (Å²) in [5.41, 5.74) is 2.87. The van der Waals surface area contributed by atoms with Crippen molar-refractivity contribution >= 4 is 17.8 Å². The number of fused-ring (bicyclic) bond motifs is 3. The first kappa shape index (κ1) is 21.8. The summed E-state index contributed by atoms with van der Waals surface area (Å²) in [6.45, 7) is 3.61. The maximum atomic E-state index is 13.5. The molecule has 3 unspecified atom stereocenters. The highest BCUT2D eigenvalue weighted by Gasteiger charge is 2.56. The molecule has 1 aromatic carbocycles. The van der Waals surface area contributed by atoms with Gasteiger partial charge >= 0.3 is 11.9 Å². The first-order valence-corrected chi connectivity index (χ1v) is 11.9. The second-order valence-electron chi connectivity index (χ2n) is 9.93. The lowest BCUT2D eigenvalue weighted by atomic mass is 9.83. The average Bonchev–Trinajstić information content (AvgIpc) is 3.47. The third-order valence-corrected chi connectivity index (χ3v) is 8.17. The Morgan fingerprint density at radius 3 is 2.59 bits per heavy atom.